The van der Waals surface area contributed by atoms with E-state index in [0.29, 0.717) is 16.6 Å². The summed E-state index contributed by atoms with van der Waals surface area (Å²) in [6, 6.07) is 13.0. The van der Waals surface area contributed by atoms with E-state index in [9.17, 15) is 17.6 Å². The van der Waals surface area contributed by atoms with Crippen LogP contribution in [0.3, 0.4) is 0 Å². The second kappa shape index (κ2) is 7.77. The Morgan fingerprint density at radius 1 is 0.939 bits per heavy atom. The number of aliphatic imine (C=N–C) groups is 1. The van der Waals surface area contributed by atoms with Gasteiger partial charge in [-0.15, -0.1) is 0 Å². The lowest BCUT2D eigenvalue weighted by atomic mass is 10.0. The fourth-order valence-corrected chi connectivity index (χ4v) is 4.03. The van der Waals surface area contributed by atoms with Crippen LogP contribution in [0.5, 0.6) is 0 Å². The molecule has 0 bridgehead atoms. The van der Waals surface area contributed by atoms with Crippen molar-refractivity contribution in [3.05, 3.63) is 89.1 Å². The molecule has 1 aliphatic rings. The molecule has 3 N–H and O–H groups in total. The number of hydrogen-bond acceptors (Lipinski definition) is 5. The number of hydrogen-bond donors (Lipinski definition) is 2. The van der Waals surface area contributed by atoms with Crippen LogP contribution in [0.15, 0.2) is 59.7 Å². The zero-order valence-corrected chi connectivity index (χ0v) is 17.3. The Balaban J connectivity index is 1.68. The number of anilines is 4. The van der Waals surface area contributed by atoms with E-state index >= 15 is 0 Å². The van der Waals surface area contributed by atoms with Gasteiger partial charge in [0.25, 0.3) is 0 Å². The van der Waals surface area contributed by atoms with Gasteiger partial charge in [-0.05, 0) is 30.7 Å². The maximum atomic E-state index is 14.3. The first-order valence-corrected chi connectivity index (χ1v) is 10.0. The van der Waals surface area contributed by atoms with E-state index in [4.69, 9.17) is 5.73 Å². The van der Waals surface area contributed by atoms with E-state index in [2.05, 4.69) is 15.3 Å². The Morgan fingerprint density at radius 2 is 1.67 bits per heavy atom. The second-order valence-corrected chi connectivity index (χ2v) is 7.58. The fourth-order valence-electron chi connectivity index (χ4n) is 4.03. The first kappa shape index (κ1) is 20.7. The molecule has 0 unspecified atom stereocenters. The number of nitrogens with zero attached hydrogens (tertiary/aromatic N) is 3. The smallest absolute Gasteiger partial charge is 0.185 e. The Hall–Kier alpha value is -4.14. The van der Waals surface area contributed by atoms with Crippen molar-refractivity contribution in [3.63, 3.8) is 0 Å². The summed E-state index contributed by atoms with van der Waals surface area (Å²) < 4.78 is 55.9. The predicted octanol–water partition coefficient (Wildman–Crippen LogP) is 5.66. The molecule has 0 amide bonds. The Kier molecular flexibility index (Phi) is 4.88. The molecule has 0 saturated heterocycles. The molecule has 166 valence electrons. The summed E-state index contributed by atoms with van der Waals surface area (Å²) in [6.45, 7) is 2.19. The fraction of sp³-hybridized carbons (Fsp3) is 0.0833. The number of amidine groups is 1. The highest BCUT2D eigenvalue weighted by Gasteiger charge is 2.24. The lowest BCUT2D eigenvalue weighted by Gasteiger charge is -2.31. The Bertz CT molecular complexity index is 1420. The van der Waals surface area contributed by atoms with Crippen molar-refractivity contribution < 1.29 is 17.6 Å². The lowest BCUT2D eigenvalue weighted by Crippen LogP contribution is -2.29. The highest BCUT2D eigenvalue weighted by molar-refractivity contribution is 6.08. The molecule has 9 heteroatoms. The lowest BCUT2D eigenvalue weighted by molar-refractivity contribution is 0.459. The van der Waals surface area contributed by atoms with Gasteiger partial charge in [0, 0.05) is 28.6 Å². The van der Waals surface area contributed by atoms with Crippen LogP contribution in [0.1, 0.15) is 11.1 Å². The number of nitrogens with two attached hydrogens (primary N) is 1. The number of fused-ring (bicyclic) bond motifs is 2. The van der Waals surface area contributed by atoms with Gasteiger partial charge < -0.3 is 16.0 Å². The number of nitrogens with one attached hydrogen (secondary N) is 1. The number of benzene rings is 3. The monoisotopic (exact) mass is 451 g/mol. The van der Waals surface area contributed by atoms with Gasteiger partial charge in [0.2, 0.25) is 0 Å². The first-order chi connectivity index (χ1) is 15.9. The summed E-state index contributed by atoms with van der Waals surface area (Å²) in [5, 5.41) is 3.64. The summed E-state index contributed by atoms with van der Waals surface area (Å²) in [5.74, 6) is -5.60. The zero-order chi connectivity index (χ0) is 23.3. The number of para-hydroxylation sites is 1. The van der Waals surface area contributed by atoms with Gasteiger partial charge in [-0.3, -0.25) is 0 Å². The zero-order valence-electron chi connectivity index (χ0n) is 17.3. The minimum absolute atomic E-state index is 0.0462. The molecule has 5 nitrogen and oxygen atoms in total. The molecule has 3 aromatic carbocycles. The number of aromatic nitrogens is 1. The molecule has 33 heavy (non-hydrogen) atoms. The van der Waals surface area contributed by atoms with Gasteiger partial charge in [-0.2, -0.15) is 0 Å². The number of aryl methyl sites for hydroxylation is 1. The maximum absolute atomic E-state index is 14.3. The van der Waals surface area contributed by atoms with Crippen molar-refractivity contribution in [2.45, 2.75) is 6.92 Å². The van der Waals surface area contributed by atoms with Crippen LogP contribution in [0, 0.1) is 30.2 Å². The quantitative estimate of drug-likeness (QED) is 0.312. The molecule has 4 aromatic rings. The normalized spacial score (nSPS) is 13.1. The van der Waals surface area contributed by atoms with Gasteiger partial charge >= 0.3 is 0 Å². The molecule has 0 spiro atoms. The van der Waals surface area contributed by atoms with Crippen LogP contribution in [-0.2, 0) is 0 Å². The number of halogens is 4. The van der Waals surface area contributed by atoms with Crippen LogP contribution in [0.2, 0.25) is 0 Å². The highest BCUT2D eigenvalue weighted by Crippen LogP contribution is 2.40. The summed E-state index contributed by atoms with van der Waals surface area (Å²) in [7, 11) is 0. The molecule has 1 aromatic heterocycles. The molecule has 5 rings (SSSR count). The van der Waals surface area contributed by atoms with Crippen LogP contribution < -0.4 is 16.0 Å². The standard InChI is InChI=1S/C24H17F4N5/c1-12-6-7-14-13(22(12)33-11-31-23(29)15-4-2-3-5-18(15)33)8-9-30-24(14)32-21-19(27)16(25)10-17(26)20(21)28/h2-10H,11H2,1H3,(H2,29,31)(H,30,32). The Morgan fingerprint density at radius 3 is 2.42 bits per heavy atom. The van der Waals surface area contributed by atoms with E-state index < -0.39 is 29.0 Å². The van der Waals surface area contributed by atoms with Gasteiger partial charge in [0.05, 0.1) is 11.4 Å². The average Bonchev–Trinajstić information content (AvgIpc) is 2.81. The van der Waals surface area contributed by atoms with Crippen molar-refractivity contribution in [1.82, 2.24) is 4.98 Å². The minimum Gasteiger partial charge on any atom is -0.383 e. The predicted molar refractivity (Wildman–Crippen MR) is 120 cm³/mol. The van der Waals surface area contributed by atoms with Crippen molar-refractivity contribution in [2.24, 2.45) is 10.7 Å². The SMILES string of the molecule is Cc1ccc2c(Nc3c(F)c(F)cc(F)c3F)nccc2c1N1CN=C(N)c2ccccc21. The van der Waals surface area contributed by atoms with E-state index in [1.807, 2.05) is 42.2 Å². The highest BCUT2D eigenvalue weighted by atomic mass is 19.2. The maximum Gasteiger partial charge on any atom is 0.185 e. The van der Waals surface area contributed by atoms with Crippen molar-refractivity contribution in [1.29, 1.82) is 0 Å². The van der Waals surface area contributed by atoms with E-state index in [0.717, 1.165) is 22.5 Å². The summed E-state index contributed by atoms with van der Waals surface area (Å²) in [6.07, 6.45) is 1.45. The van der Waals surface area contributed by atoms with E-state index in [1.165, 1.54) is 6.20 Å². The largest absolute Gasteiger partial charge is 0.383 e. The number of rotatable bonds is 3. The van der Waals surface area contributed by atoms with Gasteiger partial charge in [-0.1, -0.05) is 24.3 Å². The molecular formula is C24H17F4N5. The third-order valence-corrected chi connectivity index (χ3v) is 5.60. The molecule has 0 atom stereocenters. The molecule has 0 aliphatic carbocycles. The third kappa shape index (κ3) is 3.32. The molecule has 0 saturated carbocycles. The number of pyridine rings is 1. The molecule has 1 aliphatic heterocycles. The minimum atomic E-state index is -1.53. The Labute approximate surface area is 186 Å². The van der Waals surface area contributed by atoms with Crippen LogP contribution in [0.25, 0.3) is 10.8 Å². The third-order valence-electron chi connectivity index (χ3n) is 5.60. The summed E-state index contributed by atoms with van der Waals surface area (Å²) in [5.41, 5.74) is 8.48. The molecule has 0 fully saturated rings. The van der Waals surface area contributed by atoms with Gasteiger partial charge in [-0.25, -0.2) is 27.5 Å². The summed E-state index contributed by atoms with van der Waals surface area (Å²) >= 11 is 0. The molecule has 0 radical (unpaired) electrons. The van der Waals surface area contributed by atoms with Crippen LogP contribution in [0.4, 0.5) is 40.4 Å². The molecular weight excluding hydrogens is 434 g/mol. The van der Waals surface area contributed by atoms with E-state index in [1.54, 1.807) is 12.1 Å². The van der Waals surface area contributed by atoms with Crippen LogP contribution in [-0.4, -0.2) is 17.5 Å². The second-order valence-electron chi connectivity index (χ2n) is 7.58. The van der Waals surface area contributed by atoms with E-state index in [-0.39, 0.29) is 18.6 Å². The first-order valence-electron chi connectivity index (χ1n) is 10.0. The molecule has 2 heterocycles. The van der Waals surface area contributed by atoms with Crippen molar-refractivity contribution >= 4 is 39.5 Å². The summed E-state index contributed by atoms with van der Waals surface area (Å²) in [4.78, 5) is 10.6. The van der Waals surface area contributed by atoms with Crippen LogP contribution >= 0.6 is 0 Å². The van der Waals surface area contributed by atoms with Gasteiger partial charge in [0.1, 0.15) is 24.0 Å². The van der Waals surface area contributed by atoms with Crippen molar-refractivity contribution in [2.75, 3.05) is 16.9 Å². The topological polar surface area (TPSA) is 66.5 Å². The average molecular weight is 451 g/mol. The van der Waals surface area contributed by atoms with Crippen molar-refractivity contribution in [3.8, 4) is 0 Å². The van der Waals surface area contributed by atoms with Gasteiger partial charge in [0.15, 0.2) is 23.3 Å².